The van der Waals surface area contributed by atoms with E-state index in [1.54, 1.807) is 20.3 Å². The lowest BCUT2D eigenvalue weighted by atomic mass is 9.97. The number of H-pyrrole nitrogens is 2. The number of fused-ring (bicyclic) bond motifs is 1. The zero-order chi connectivity index (χ0) is 20.5. The standard InChI is InChI=1S/C23H21N3O3/c1-14-19-17(13-24-14)20(21(25-22(19)27)23(28)26(2)3)16-11-7-8-12-18(16)29-15-9-5-4-6-10-15/h4-13,24H,1-3H3,(H,25,27). The Morgan fingerprint density at radius 2 is 1.69 bits per heavy atom. The minimum atomic E-state index is -0.297. The van der Waals surface area contributed by atoms with Crippen molar-refractivity contribution in [3.63, 3.8) is 0 Å². The van der Waals surface area contributed by atoms with Crippen LogP contribution in [-0.4, -0.2) is 34.9 Å². The van der Waals surface area contributed by atoms with Crippen molar-refractivity contribution < 1.29 is 9.53 Å². The molecule has 0 unspecified atom stereocenters. The topological polar surface area (TPSA) is 78.2 Å². The highest BCUT2D eigenvalue weighted by molar-refractivity contribution is 6.09. The number of hydrogen-bond acceptors (Lipinski definition) is 3. The maximum atomic E-state index is 12.9. The molecule has 0 bridgehead atoms. The molecule has 29 heavy (non-hydrogen) atoms. The summed E-state index contributed by atoms with van der Waals surface area (Å²) in [4.78, 5) is 33.0. The summed E-state index contributed by atoms with van der Waals surface area (Å²) in [6.45, 7) is 1.83. The molecule has 6 heteroatoms. The van der Waals surface area contributed by atoms with Gasteiger partial charge in [0.1, 0.15) is 17.2 Å². The van der Waals surface area contributed by atoms with Crippen molar-refractivity contribution in [1.29, 1.82) is 0 Å². The first kappa shape index (κ1) is 18.6. The maximum Gasteiger partial charge on any atom is 0.270 e. The van der Waals surface area contributed by atoms with Crippen molar-refractivity contribution in [2.24, 2.45) is 0 Å². The third-order valence-electron chi connectivity index (χ3n) is 4.81. The number of carbonyl (C=O) groups excluding carboxylic acids is 1. The summed E-state index contributed by atoms with van der Waals surface area (Å²) in [7, 11) is 3.31. The molecule has 2 N–H and O–H groups in total. The Labute approximate surface area is 167 Å². The van der Waals surface area contributed by atoms with Gasteiger partial charge in [0.05, 0.1) is 5.39 Å². The van der Waals surface area contributed by atoms with E-state index in [0.717, 1.165) is 11.3 Å². The number of pyridine rings is 1. The number of hydrogen-bond donors (Lipinski definition) is 2. The van der Waals surface area contributed by atoms with Gasteiger partial charge >= 0.3 is 0 Å². The smallest absolute Gasteiger partial charge is 0.270 e. The summed E-state index contributed by atoms with van der Waals surface area (Å²) in [6.07, 6.45) is 1.76. The van der Waals surface area contributed by atoms with Crippen molar-refractivity contribution >= 4 is 16.7 Å². The third kappa shape index (κ3) is 3.29. The number of amides is 1. The molecule has 6 nitrogen and oxygen atoms in total. The quantitative estimate of drug-likeness (QED) is 0.547. The number of para-hydroxylation sites is 2. The highest BCUT2D eigenvalue weighted by Crippen LogP contribution is 2.38. The fourth-order valence-corrected chi connectivity index (χ4v) is 3.43. The predicted octanol–water partition coefficient (Wildman–Crippen LogP) is 4.33. The molecule has 146 valence electrons. The van der Waals surface area contributed by atoms with E-state index in [2.05, 4.69) is 9.97 Å². The first-order valence-electron chi connectivity index (χ1n) is 9.25. The summed E-state index contributed by atoms with van der Waals surface area (Å²) in [6, 6.07) is 16.9. The molecule has 0 fully saturated rings. The summed E-state index contributed by atoms with van der Waals surface area (Å²) < 4.78 is 6.12. The fourth-order valence-electron chi connectivity index (χ4n) is 3.43. The van der Waals surface area contributed by atoms with Crippen molar-refractivity contribution in [3.05, 3.63) is 82.5 Å². The molecule has 2 aromatic heterocycles. The van der Waals surface area contributed by atoms with Crippen LogP contribution < -0.4 is 10.3 Å². The van der Waals surface area contributed by atoms with Gasteiger partial charge in [0.15, 0.2) is 0 Å². The molecular formula is C23H21N3O3. The van der Waals surface area contributed by atoms with Crippen LogP contribution in [0, 0.1) is 6.92 Å². The average molecular weight is 387 g/mol. The SMILES string of the molecule is Cc1[nH]cc2c(-c3ccccc3Oc3ccccc3)c(C(=O)N(C)C)[nH]c(=O)c12. The molecule has 4 rings (SSSR count). The van der Waals surface area contributed by atoms with Gasteiger partial charge in [-0.3, -0.25) is 9.59 Å². The molecule has 0 saturated carbocycles. The first-order valence-corrected chi connectivity index (χ1v) is 9.25. The summed E-state index contributed by atoms with van der Waals surface area (Å²) >= 11 is 0. The molecule has 0 spiro atoms. The first-order chi connectivity index (χ1) is 14.0. The second-order valence-electron chi connectivity index (χ2n) is 7.02. The lowest BCUT2D eigenvalue weighted by Gasteiger charge is -2.17. The summed E-state index contributed by atoms with van der Waals surface area (Å²) in [5.41, 5.74) is 2.04. The molecule has 0 aliphatic rings. The highest BCUT2D eigenvalue weighted by atomic mass is 16.5. The van der Waals surface area contributed by atoms with Gasteiger partial charge in [-0.2, -0.15) is 0 Å². The van der Waals surface area contributed by atoms with Gasteiger partial charge in [-0.05, 0) is 25.1 Å². The molecule has 1 amide bonds. The number of nitrogens with zero attached hydrogens (tertiary/aromatic N) is 1. The van der Waals surface area contributed by atoms with Crippen LogP contribution >= 0.6 is 0 Å². The summed E-state index contributed by atoms with van der Waals surface area (Å²) in [5.74, 6) is 0.998. The van der Waals surface area contributed by atoms with Crippen molar-refractivity contribution in [2.45, 2.75) is 6.92 Å². The van der Waals surface area contributed by atoms with E-state index in [-0.39, 0.29) is 17.2 Å². The highest BCUT2D eigenvalue weighted by Gasteiger charge is 2.23. The van der Waals surface area contributed by atoms with Gasteiger partial charge in [-0.15, -0.1) is 0 Å². The summed E-state index contributed by atoms with van der Waals surface area (Å²) in [5, 5.41) is 1.21. The predicted molar refractivity (Wildman–Crippen MR) is 114 cm³/mol. The van der Waals surface area contributed by atoms with Gasteiger partial charge in [0, 0.05) is 42.5 Å². The monoisotopic (exact) mass is 387 g/mol. The van der Waals surface area contributed by atoms with E-state index >= 15 is 0 Å². The Kier molecular flexibility index (Phi) is 4.68. The number of rotatable bonds is 4. The normalized spacial score (nSPS) is 10.9. The number of aromatic amines is 2. The number of aryl methyl sites for hydroxylation is 1. The van der Waals surface area contributed by atoms with Crippen LogP contribution in [0.15, 0.2) is 65.6 Å². The van der Waals surface area contributed by atoms with Gasteiger partial charge in [0.2, 0.25) is 0 Å². The van der Waals surface area contributed by atoms with Crippen LogP contribution in [0.5, 0.6) is 11.5 Å². The Balaban J connectivity index is 2.01. The lowest BCUT2D eigenvalue weighted by Crippen LogP contribution is -2.26. The number of aromatic nitrogens is 2. The van der Waals surface area contributed by atoms with Gasteiger partial charge in [-0.1, -0.05) is 36.4 Å². The minimum absolute atomic E-state index is 0.232. The van der Waals surface area contributed by atoms with Gasteiger partial charge in [0.25, 0.3) is 11.5 Å². The van der Waals surface area contributed by atoms with Crippen LogP contribution in [0.3, 0.4) is 0 Å². The van der Waals surface area contributed by atoms with Crippen molar-refractivity contribution in [3.8, 4) is 22.6 Å². The zero-order valence-corrected chi connectivity index (χ0v) is 16.4. The number of nitrogens with one attached hydrogen (secondary N) is 2. The number of benzene rings is 2. The molecule has 0 aliphatic carbocycles. The van der Waals surface area contributed by atoms with E-state index in [0.29, 0.717) is 27.8 Å². The molecule has 2 heterocycles. The van der Waals surface area contributed by atoms with Crippen LogP contribution in [0.1, 0.15) is 16.2 Å². The molecule has 0 saturated heterocycles. The number of ether oxygens (including phenoxy) is 1. The Morgan fingerprint density at radius 1 is 1.00 bits per heavy atom. The van der Waals surface area contributed by atoms with Gasteiger partial charge in [-0.25, -0.2) is 0 Å². The maximum absolute atomic E-state index is 12.9. The van der Waals surface area contributed by atoms with Crippen molar-refractivity contribution in [1.82, 2.24) is 14.9 Å². The van der Waals surface area contributed by atoms with E-state index in [4.69, 9.17) is 4.74 Å². The average Bonchev–Trinajstić information content (AvgIpc) is 3.11. The molecule has 4 aromatic rings. The van der Waals surface area contributed by atoms with E-state index in [9.17, 15) is 9.59 Å². The molecule has 0 atom stereocenters. The second-order valence-corrected chi connectivity index (χ2v) is 7.02. The Hall–Kier alpha value is -3.80. The van der Waals surface area contributed by atoms with Crippen LogP contribution in [0.4, 0.5) is 0 Å². The Bertz CT molecular complexity index is 1250. The van der Waals surface area contributed by atoms with Gasteiger partial charge < -0.3 is 19.6 Å². The largest absolute Gasteiger partial charge is 0.457 e. The minimum Gasteiger partial charge on any atom is -0.457 e. The zero-order valence-electron chi connectivity index (χ0n) is 16.4. The van der Waals surface area contributed by atoms with E-state index < -0.39 is 0 Å². The van der Waals surface area contributed by atoms with Crippen molar-refractivity contribution in [2.75, 3.05) is 14.1 Å². The molecule has 2 aromatic carbocycles. The van der Waals surface area contributed by atoms with Crippen LogP contribution in [0.2, 0.25) is 0 Å². The molecular weight excluding hydrogens is 366 g/mol. The molecule has 0 aliphatic heterocycles. The van der Waals surface area contributed by atoms with Crippen LogP contribution in [0.25, 0.3) is 21.9 Å². The van der Waals surface area contributed by atoms with E-state index in [1.807, 2.05) is 61.5 Å². The fraction of sp³-hybridized carbons (Fsp3) is 0.130. The lowest BCUT2D eigenvalue weighted by molar-refractivity contribution is 0.0822. The van der Waals surface area contributed by atoms with E-state index in [1.165, 1.54) is 4.90 Å². The number of carbonyl (C=O) groups is 1. The second kappa shape index (κ2) is 7.31. The molecule has 0 radical (unpaired) electrons. The van der Waals surface area contributed by atoms with Crippen LogP contribution in [-0.2, 0) is 0 Å². The third-order valence-corrected chi connectivity index (χ3v) is 4.81. The Morgan fingerprint density at radius 3 is 2.41 bits per heavy atom.